The number of hydrogen-bond acceptors (Lipinski definition) is 4. The van der Waals surface area contributed by atoms with Crippen molar-refractivity contribution in [1.82, 2.24) is 10.0 Å². The molecule has 2 aromatic carbocycles. The Morgan fingerprint density at radius 3 is 1.83 bits per heavy atom. The van der Waals surface area contributed by atoms with Gasteiger partial charge in [0.2, 0.25) is 15.9 Å². The molecule has 7 nitrogen and oxygen atoms in total. The fourth-order valence-electron chi connectivity index (χ4n) is 3.31. The summed E-state index contributed by atoms with van der Waals surface area (Å²) in [7, 11) is -2.20. The van der Waals surface area contributed by atoms with E-state index in [0.717, 1.165) is 27.8 Å². The summed E-state index contributed by atoms with van der Waals surface area (Å²) in [5.74, 6) is -0.537. The lowest BCUT2D eigenvalue weighted by molar-refractivity contribution is -0.116. The maximum absolute atomic E-state index is 12.9. The summed E-state index contributed by atoms with van der Waals surface area (Å²) in [6.45, 7) is 9.41. The second kappa shape index (κ2) is 9.40. The molecule has 0 fully saturated rings. The monoisotopic (exact) mass is 431 g/mol. The molecule has 0 radical (unpaired) electrons. The van der Waals surface area contributed by atoms with Gasteiger partial charge >= 0.3 is 0 Å². The molecule has 0 aromatic heterocycles. The van der Waals surface area contributed by atoms with E-state index in [1.165, 1.54) is 0 Å². The van der Waals surface area contributed by atoms with E-state index in [0.29, 0.717) is 11.3 Å². The average molecular weight is 432 g/mol. The van der Waals surface area contributed by atoms with Crippen molar-refractivity contribution in [1.29, 1.82) is 0 Å². The first-order valence-electron chi connectivity index (χ1n) is 9.68. The molecule has 2 aromatic rings. The summed E-state index contributed by atoms with van der Waals surface area (Å²) < 4.78 is 28.3. The Kier molecular flexibility index (Phi) is 7.39. The molecule has 30 heavy (non-hydrogen) atoms. The Morgan fingerprint density at radius 1 is 0.833 bits per heavy atom. The third-order valence-corrected chi connectivity index (χ3v) is 7.24. The summed E-state index contributed by atoms with van der Waals surface area (Å²) in [4.78, 5) is 24.0. The van der Waals surface area contributed by atoms with Crippen LogP contribution in [0.2, 0.25) is 0 Å². The molecule has 0 aliphatic rings. The number of anilines is 1. The summed E-state index contributed by atoms with van der Waals surface area (Å²) in [6, 6.07) is 6.45. The predicted octanol–water partition coefficient (Wildman–Crippen LogP) is 2.90. The van der Waals surface area contributed by atoms with E-state index in [2.05, 4.69) is 15.4 Å². The molecule has 0 aliphatic heterocycles. The van der Waals surface area contributed by atoms with E-state index < -0.39 is 10.0 Å². The number of rotatable bonds is 7. The Morgan fingerprint density at radius 2 is 1.33 bits per heavy atom. The van der Waals surface area contributed by atoms with Gasteiger partial charge in [0, 0.05) is 31.3 Å². The number of carbonyl (C=O) groups is 2. The molecule has 0 heterocycles. The third kappa shape index (κ3) is 5.06. The van der Waals surface area contributed by atoms with E-state index in [-0.39, 0.29) is 29.7 Å². The fraction of sp³-hybridized carbons (Fsp3) is 0.364. The predicted molar refractivity (Wildman–Crippen MR) is 118 cm³/mol. The highest BCUT2D eigenvalue weighted by Gasteiger charge is 2.23. The van der Waals surface area contributed by atoms with Crippen LogP contribution in [0, 0.1) is 34.6 Å². The van der Waals surface area contributed by atoms with Crippen molar-refractivity contribution >= 4 is 27.5 Å². The highest BCUT2D eigenvalue weighted by Crippen LogP contribution is 2.29. The molecule has 8 heteroatoms. The molecule has 0 saturated carbocycles. The highest BCUT2D eigenvalue weighted by atomic mass is 32.2. The van der Waals surface area contributed by atoms with Gasteiger partial charge in [0.15, 0.2) is 0 Å². The van der Waals surface area contributed by atoms with Crippen molar-refractivity contribution in [3.63, 3.8) is 0 Å². The van der Waals surface area contributed by atoms with Crippen LogP contribution >= 0.6 is 0 Å². The Labute approximate surface area is 178 Å². The van der Waals surface area contributed by atoms with Crippen LogP contribution in [0.1, 0.15) is 44.6 Å². The maximum Gasteiger partial charge on any atom is 0.251 e. The van der Waals surface area contributed by atoms with Crippen molar-refractivity contribution in [2.24, 2.45) is 0 Å². The van der Waals surface area contributed by atoms with Gasteiger partial charge in [-0.25, -0.2) is 13.1 Å². The zero-order chi connectivity index (χ0) is 22.6. The second-order valence-corrected chi connectivity index (χ2v) is 9.01. The zero-order valence-electron chi connectivity index (χ0n) is 18.3. The lowest BCUT2D eigenvalue weighted by Crippen LogP contribution is -2.29. The van der Waals surface area contributed by atoms with Crippen molar-refractivity contribution < 1.29 is 18.0 Å². The van der Waals surface area contributed by atoms with E-state index in [1.807, 2.05) is 20.8 Å². The van der Waals surface area contributed by atoms with E-state index >= 15 is 0 Å². The minimum Gasteiger partial charge on any atom is -0.355 e. The number of hydrogen-bond donors (Lipinski definition) is 3. The third-order valence-electron chi connectivity index (χ3n) is 5.50. The first kappa shape index (κ1) is 23.6. The van der Waals surface area contributed by atoms with Crippen molar-refractivity contribution in [2.45, 2.75) is 45.9 Å². The number of carbonyl (C=O) groups excluding carboxylic acids is 2. The van der Waals surface area contributed by atoms with Crippen LogP contribution in [-0.2, 0) is 14.8 Å². The lowest BCUT2D eigenvalue weighted by atomic mass is 9.95. The minimum atomic E-state index is -3.74. The van der Waals surface area contributed by atoms with Crippen LogP contribution < -0.4 is 15.4 Å². The van der Waals surface area contributed by atoms with Crippen molar-refractivity contribution in [3.8, 4) is 0 Å². The van der Waals surface area contributed by atoms with Gasteiger partial charge in [-0.15, -0.1) is 0 Å². The SMILES string of the molecule is CNC(=O)c1ccc(NC(=O)CCNS(=O)(=O)c2c(C)c(C)c(C)c(C)c2C)cc1. The molecule has 2 rings (SSSR count). The molecule has 2 amide bonds. The Hall–Kier alpha value is -2.71. The molecule has 0 spiro atoms. The van der Waals surface area contributed by atoms with Gasteiger partial charge in [0.05, 0.1) is 4.90 Å². The number of sulfonamides is 1. The van der Waals surface area contributed by atoms with E-state index in [1.54, 1.807) is 45.2 Å². The minimum absolute atomic E-state index is 0.0155. The topological polar surface area (TPSA) is 104 Å². The van der Waals surface area contributed by atoms with Gasteiger partial charge in [0.25, 0.3) is 5.91 Å². The van der Waals surface area contributed by atoms with Gasteiger partial charge < -0.3 is 10.6 Å². The van der Waals surface area contributed by atoms with Crippen LogP contribution in [0.15, 0.2) is 29.2 Å². The molecule has 0 bridgehead atoms. The van der Waals surface area contributed by atoms with Crippen molar-refractivity contribution in [3.05, 3.63) is 57.6 Å². The molecule has 0 saturated heterocycles. The molecular weight excluding hydrogens is 402 g/mol. The molecule has 0 unspecified atom stereocenters. The van der Waals surface area contributed by atoms with Gasteiger partial charge in [-0.05, 0) is 86.7 Å². The molecule has 0 atom stereocenters. The van der Waals surface area contributed by atoms with Gasteiger partial charge in [-0.2, -0.15) is 0 Å². The van der Waals surface area contributed by atoms with Crippen LogP contribution in [0.3, 0.4) is 0 Å². The first-order chi connectivity index (χ1) is 14.0. The smallest absolute Gasteiger partial charge is 0.251 e. The van der Waals surface area contributed by atoms with E-state index in [9.17, 15) is 18.0 Å². The van der Waals surface area contributed by atoms with Crippen LogP contribution in [0.4, 0.5) is 5.69 Å². The van der Waals surface area contributed by atoms with Crippen LogP contribution in [-0.4, -0.2) is 33.8 Å². The largest absolute Gasteiger partial charge is 0.355 e. The molecule has 162 valence electrons. The molecule has 0 aliphatic carbocycles. The summed E-state index contributed by atoms with van der Waals surface area (Å²) in [6.07, 6.45) is -0.0155. The standard InChI is InChI=1S/C22H29N3O4S/c1-13-14(2)16(4)21(17(5)15(13)3)30(28,29)24-12-11-20(26)25-19-9-7-18(8-10-19)22(27)23-6/h7-10,24H,11-12H2,1-6H3,(H,23,27)(H,25,26). The van der Waals surface area contributed by atoms with Gasteiger partial charge in [-0.3, -0.25) is 9.59 Å². The van der Waals surface area contributed by atoms with E-state index in [4.69, 9.17) is 0 Å². The lowest BCUT2D eigenvalue weighted by Gasteiger charge is -2.19. The van der Waals surface area contributed by atoms with Gasteiger partial charge in [-0.1, -0.05) is 0 Å². The Balaban J connectivity index is 2.03. The number of nitrogens with one attached hydrogen (secondary N) is 3. The Bertz CT molecular complexity index is 1050. The van der Waals surface area contributed by atoms with Gasteiger partial charge in [0.1, 0.15) is 0 Å². The molecular formula is C22H29N3O4S. The van der Waals surface area contributed by atoms with Crippen molar-refractivity contribution in [2.75, 3.05) is 18.9 Å². The van der Waals surface area contributed by atoms with Crippen LogP contribution in [0.25, 0.3) is 0 Å². The summed E-state index contributed by atoms with van der Waals surface area (Å²) in [5, 5.41) is 5.22. The average Bonchev–Trinajstić information content (AvgIpc) is 2.70. The second-order valence-electron chi connectivity index (χ2n) is 7.31. The first-order valence-corrected chi connectivity index (χ1v) is 11.2. The summed E-state index contributed by atoms with van der Waals surface area (Å²) in [5.41, 5.74) is 5.47. The maximum atomic E-state index is 12.9. The molecule has 3 N–H and O–H groups in total. The fourth-order valence-corrected chi connectivity index (χ4v) is 4.94. The normalized spacial score (nSPS) is 11.3. The van der Waals surface area contributed by atoms with Crippen LogP contribution in [0.5, 0.6) is 0 Å². The quantitative estimate of drug-likeness (QED) is 0.627. The number of benzene rings is 2. The zero-order valence-corrected chi connectivity index (χ0v) is 19.1. The number of amides is 2. The summed E-state index contributed by atoms with van der Waals surface area (Å²) >= 11 is 0. The highest BCUT2D eigenvalue weighted by molar-refractivity contribution is 7.89.